The van der Waals surface area contributed by atoms with E-state index in [0.29, 0.717) is 10.6 Å². The molecular formula is C22H17F4N3O5. The molecule has 5 N–H and O–H groups in total. The van der Waals surface area contributed by atoms with Crippen LogP contribution in [0.15, 0.2) is 47.3 Å². The Morgan fingerprint density at radius 2 is 1.59 bits per heavy atom. The summed E-state index contributed by atoms with van der Waals surface area (Å²) >= 11 is 0. The molecule has 0 unspecified atom stereocenters. The summed E-state index contributed by atoms with van der Waals surface area (Å²) in [6.07, 6.45) is -0.142. The fourth-order valence-corrected chi connectivity index (χ4v) is 3.06. The van der Waals surface area contributed by atoms with Crippen LogP contribution in [0, 0.1) is 23.3 Å². The molecule has 0 fully saturated rings. The summed E-state index contributed by atoms with van der Waals surface area (Å²) in [5.74, 6) is -8.01. The van der Waals surface area contributed by atoms with Gasteiger partial charge in [-0.1, -0.05) is 0 Å². The summed E-state index contributed by atoms with van der Waals surface area (Å²) in [6, 6.07) is 4.16. The van der Waals surface area contributed by atoms with Crippen LogP contribution in [0.4, 0.5) is 23.4 Å². The van der Waals surface area contributed by atoms with Crippen LogP contribution in [0.1, 0.15) is 22.3 Å². The number of ketones is 1. The molecule has 1 atom stereocenters. The van der Waals surface area contributed by atoms with Crippen molar-refractivity contribution in [1.82, 2.24) is 4.57 Å². The van der Waals surface area contributed by atoms with Gasteiger partial charge in [-0.25, -0.2) is 17.6 Å². The Kier molecular flexibility index (Phi) is 7.01. The number of nitrogens with two attached hydrogens (primary N) is 2. The van der Waals surface area contributed by atoms with Gasteiger partial charge < -0.3 is 21.3 Å². The fourth-order valence-electron chi connectivity index (χ4n) is 3.06. The monoisotopic (exact) mass is 479 g/mol. The average Bonchev–Trinajstić information content (AvgIpc) is 2.75. The number of halogens is 4. The number of benzene rings is 2. The molecule has 1 aromatic heterocycles. The maximum absolute atomic E-state index is 14.8. The van der Waals surface area contributed by atoms with Crippen LogP contribution in [0.2, 0.25) is 0 Å². The van der Waals surface area contributed by atoms with Crippen molar-refractivity contribution in [3.8, 4) is 11.4 Å². The molecule has 0 aliphatic carbocycles. The topological polar surface area (TPSA) is 138 Å². The molecule has 0 aliphatic rings. The smallest absolute Gasteiger partial charge is 0.320 e. The number of nitrogen functional groups attached to an aromatic ring is 1. The zero-order valence-corrected chi connectivity index (χ0v) is 17.2. The van der Waals surface area contributed by atoms with Gasteiger partial charge in [0.2, 0.25) is 0 Å². The Bertz CT molecular complexity index is 1320. The molecule has 178 valence electrons. The number of rotatable bonds is 8. The summed E-state index contributed by atoms with van der Waals surface area (Å²) < 4.78 is 62.3. The first kappa shape index (κ1) is 24.5. The van der Waals surface area contributed by atoms with Crippen LogP contribution in [0.5, 0.6) is 5.75 Å². The van der Waals surface area contributed by atoms with E-state index in [-0.39, 0.29) is 18.8 Å². The Morgan fingerprint density at radius 3 is 2.18 bits per heavy atom. The van der Waals surface area contributed by atoms with Gasteiger partial charge in [-0.05, 0) is 18.2 Å². The number of aromatic nitrogens is 1. The average molecular weight is 479 g/mol. The predicted molar refractivity (Wildman–Crippen MR) is 112 cm³/mol. The highest BCUT2D eigenvalue weighted by atomic mass is 19.1. The fraction of sp³-hybridized carbons (Fsp3) is 0.136. The highest BCUT2D eigenvalue weighted by molar-refractivity contribution is 6.11. The van der Waals surface area contributed by atoms with E-state index in [1.807, 2.05) is 0 Å². The third-order valence-corrected chi connectivity index (χ3v) is 4.78. The first-order valence-electron chi connectivity index (χ1n) is 9.63. The standard InChI is InChI=1S/C22H17F4N3O5/c23-10-1-2-12(14(24)7-10)20(31)13-3-4-18(30)29(21(13)28)19-15(25)8-11(9-16(19)26)34-6-5-17(27)22(32)33/h1-4,7-9,17H,5-6,27-28H2,(H,32,33)/t17-/m1/s1. The number of anilines is 1. The molecule has 34 heavy (non-hydrogen) atoms. The SMILES string of the molecule is Nc1c(C(=O)c2ccc(F)cc2F)ccc(=O)n1-c1c(F)cc(OCC[C@@H](N)C(=O)O)cc1F. The highest BCUT2D eigenvalue weighted by Crippen LogP contribution is 2.27. The molecule has 3 aromatic rings. The summed E-state index contributed by atoms with van der Waals surface area (Å²) in [5.41, 5.74) is 8.25. The lowest BCUT2D eigenvalue weighted by Crippen LogP contribution is -2.31. The van der Waals surface area contributed by atoms with E-state index < -0.39 is 69.3 Å². The van der Waals surface area contributed by atoms with E-state index in [2.05, 4.69) is 0 Å². The molecule has 0 saturated carbocycles. The first-order valence-corrected chi connectivity index (χ1v) is 9.63. The summed E-state index contributed by atoms with van der Waals surface area (Å²) in [5, 5.41) is 8.74. The number of carbonyl (C=O) groups excluding carboxylic acids is 1. The molecule has 0 radical (unpaired) electrons. The molecule has 0 bridgehead atoms. The molecule has 0 amide bonds. The second-order valence-corrected chi connectivity index (χ2v) is 7.08. The van der Waals surface area contributed by atoms with Gasteiger partial charge in [0.15, 0.2) is 17.4 Å². The van der Waals surface area contributed by atoms with Crippen LogP contribution in [-0.4, -0.2) is 34.1 Å². The maximum atomic E-state index is 14.8. The van der Waals surface area contributed by atoms with Crippen molar-refractivity contribution in [2.75, 3.05) is 12.3 Å². The summed E-state index contributed by atoms with van der Waals surface area (Å²) in [6.45, 7) is -0.263. The number of pyridine rings is 1. The Hall–Kier alpha value is -4.19. The van der Waals surface area contributed by atoms with E-state index in [4.69, 9.17) is 21.3 Å². The Labute approximate surface area is 189 Å². The number of ether oxygens (including phenoxy) is 1. The van der Waals surface area contributed by atoms with E-state index in [9.17, 15) is 31.9 Å². The molecule has 2 aromatic carbocycles. The lowest BCUT2D eigenvalue weighted by Gasteiger charge is -2.16. The zero-order valence-electron chi connectivity index (χ0n) is 17.2. The number of carboxylic acid groups (broad SMARTS) is 1. The van der Waals surface area contributed by atoms with Crippen molar-refractivity contribution in [2.45, 2.75) is 12.5 Å². The molecular weight excluding hydrogens is 462 g/mol. The zero-order chi connectivity index (χ0) is 25.2. The number of carbonyl (C=O) groups is 2. The van der Waals surface area contributed by atoms with E-state index >= 15 is 0 Å². The van der Waals surface area contributed by atoms with Crippen LogP contribution >= 0.6 is 0 Å². The molecule has 0 saturated heterocycles. The second kappa shape index (κ2) is 9.75. The second-order valence-electron chi connectivity index (χ2n) is 7.08. The minimum Gasteiger partial charge on any atom is -0.493 e. The Balaban J connectivity index is 1.99. The van der Waals surface area contributed by atoms with Gasteiger partial charge in [-0.2, -0.15) is 0 Å². The summed E-state index contributed by atoms with van der Waals surface area (Å²) in [4.78, 5) is 35.8. The van der Waals surface area contributed by atoms with Crippen LogP contribution in [0.25, 0.3) is 5.69 Å². The number of carboxylic acids is 1. The number of nitrogens with zero attached hydrogens (tertiary/aromatic N) is 1. The van der Waals surface area contributed by atoms with Crippen molar-refractivity contribution >= 4 is 17.6 Å². The Morgan fingerprint density at radius 1 is 0.971 bits per heavy atom. The molecule has 12 heteroatoms. The molecule has 3 rings (SSSR count). The number of aliphatic carboxylic acids is 1. The van der Waals surface area contributed by atoms with Crippen molar-refractivity contribution in [2.24, 2.45) is 5.73 Å². The van der Waals surface area contributed by atoms with E-state index in [1.165, 1.54) is 0 Å². The van der Waals surface area contributed by atoms with Crippen molar-refractivity contribution < 1.29 is 37.0 Å². The lowest BCUT2D eigenvalue weighted by molar-refractivity contribution is -0.138. The van der Waals surface area contributed by atoms with E-state index in [1.54, 1.807) is 0 Å². The minimum absolute atomic E-state index is 0.142. The van der Waals surface area contributed by atoms with Crippen LogP contribution < -0.4 is 21.8 Å². The normalized spacial score (nSPS) is 11.8. The number of hydrogen-bond acceptors (Lipinski definition) is 6. The van der Waals surface area contributed by atoms with E-state index in [0.717, 1.165) is 36.4 Å². The van der Waals surface area contributed by atoms with Crippen molar-refractivity contribution in [1.29, 1.82) is 0 Å². The quantitative estimate of drug-likeness (QED) is 0.333. The van der Waals surface area contributed by atoms with Gasteiger partial charge in [0.1, 0.15) is 34.9 Å². The third-order valence-electron chi connectivity index (χ3n) is 4.78. The van der Waals surface area contributed by atoms with Crippen molar-refractivity contribution in [3.63, 3.8) is 0 Å². The van der Waals surface area contributed by atoms with Gasteiger partial charge in [-0.3, -0.25) is 19.0 Å². The maximum Gasteiger partial charge on any atom is 0.320 e. The largest absolute Gasteiger partial charge is 0.493 e. The van der Waals surface area contributed by atoms with Gasteiger partial charge in [0.25, 0.3) is 5.56 Å². The predicted octanol–water partition coefficient (Wildman–Crippen LogP) is 2.39. The molecule has 0 spiro atoms. The lowest BCUT2D eigenvalue weighted by atomic mass is 10.0. The van der Waals surface area contributed by atoms with Crippen LogP contribution in [-0.2, 0) is 4.79 Å². The van der Waals surface area contributed by atoms with Crippen molar-refractivity contribution in [3.05, 3.63) is 87.2 Å². The van der Waals surface area contributed by atoms with Gasteiger partial charge in [0, 0.05) is 30.7 Å². The van der Waals surface area contributed by atoms with Gasteiger partial charge >= 0.3 is 5.97 Å². The summed E-state index contributed by atoms with van der Waals surface area (Å²) in [7, 11) is 0. The molecule has 1 heterocycles. The number of hydrogen-bond donors (Lipinski definition) is 3. The molecule has 0 aliphatic heterocycles. The third kappa shape index (κ3) is 4.91. The first-order chi connectivity index (χ1) is 16.0. The van der Waals surface area contributed by atoms with Crippen LogP contribution in [0.3, 0.4) is 0 Å². The highest BCUT2D eigenvalue weighted by Gasteiger charge is 2.23. The molecule has 8 nitrogen and oxygen atoms in total. The minimum atomic E-state index is -1.29. The van der Waals surface area contributed by atoms with Gasteiger partial charge in [0.05, 0.1) is 17.7 Å². The van der Waals surface area contributed by atoms with Gasteiger partial charge in [-0.15, -0.1) is 0 Å².